The molecule has 3 N–H and O–H groups in total. The molecule has 0 aromatic rings. The number of carboxylic acid groups (broad SMARTS) is 1. The largest absolute Gasteiger partial charge is 0.478 e. The van der Waals surface area contributed by atoms with Gasteiger partial charge in [0.25, 0.3) is 6.08 Å². The van der Waals surface area contributed by atoms with Gasteiger partial charge >= 0.3 is 11.9 Å². The third-order valence-corrected chi connectivity index (χ3v) is 11.3. The molecule has 0 aliphatic heterocycles. The molecule has 0 radical (unpaired) electrons. The lowest BCUT2D eigenvalue weighted by atomic mass is 9.36. The highest BCUT2D eigenvalue weighted by molar-refractivity contribution is 5.88. The molecule has 10 atom stereocenters. The third-order valence-electron chi connectivity index (χ3n) is 11.3. The van der Waals surface area contributed by atoms with E-state index in [9.17, 15) is 33.7 Å². The molecule has 6 nitrogen and oxygen atoms in total. The summed E-state index contributed by atoms with van der Waals surface area (Å²) in [5.74, 6) is -1.69. The van der Waals surface area contributed by atoms with Crippen molar-refractivity contribution in [2.24, 2.45) is 39.9 Å². The van der Waals surface area contributed by atoms with Crippen LogP contribution in [0, 0.1) is 39.9 Å². The van der Waals surface area contributed by atoms with Crippen molar-refractivity contribution in [1.82, 2.24) is 0 Å². The predicted molar refractivity (Wildman–Crippen MR) is 133 cm³/mol. The number of carbonyl (C=O) groups is 2. The number of hydrogen-bond acceptors (Lipinski definition) is 5. The summed E-state index contributed by atoms with van der Waals surface area (Å²) in [4.78, 5) is 24.5. The van der Waals surface area contributed by atoms with Gasteiger partial charge in [-0.2, -0.15) is 8.78 Å². The van der Waals surface area contributed by atoms with Crippen LogP contribution >= 0.6 is 0 Å². The van der Waals surface area contributed by atoms with E-state index in [1.54, 1.807) is 0 Å². The Labute approximate surface area is 218 Å². The van der Waals surface area contributed by atoms with Crippen LogP contribution in [-0.4, -0.2) is 45.6 Å². The monoisotopic (exact) mass is 524 g/mol. The molecule has 0 heterocycles. The average molecular weight is 525 g/mol. The van der Waals surface area contributed by atoms with E-state index in [1.807, 2.05) is 0 Å². The van der Waals surface area contributed by atoms with Crippen LogP contribution in [0.1, 0.15) is 86.0 Å². The van der Waals surface area contributed by atoms with Crippen molar-refractivity contribution in [1.29, 1.82) is 0 Å². The van der Waals surface area contributed by atoms with Crippen LogP contribution in [-0.2, 0) is 14.3 Å². The van der Waals surface area contributed by atoms with Gasteiger partial charge in [-0.15, -0.1) is 0 Å². The Bertz CT molecular complexity index is 1000. The van der Waals surface area contributed by atoms with E-state index in [-0.39, 0.29) is 59.0 Å². The molecule has 8 heteroatoms. The average Bonchev–Trinajstić information content (AvgIpc) is 3.05. The van der Waals surface area contributed by atoms with Gasteiger partial charge in [-0.05, 0) is 103 Å². The lowest BCUT2D eigenvalue weighted by Crippen LogP contribution is -2.65. The zero-order chi connectivity index (χ0) is 27.5. The van der Waals surface area contributed by atoms with E-state index in [2.05, 4.69) is 27.7 Å². The molecule has 0 unspecified atom stereocenters. The maximum absolute atomic E-state index is 12.7. The molecule has 208 valence electrons. The van der Waals surface area contributed by atoms with Crippen LogP contribution in [0.15, 0.2) is 23.3 Å². The summed E-state index contributed by atoms with van der Waals surface area (Å²) in [7, 11) is 0. The van der Waals surface area contributed by atoms with Gasteiger partial charge in [0.2, 0.25) is 0 Å². The summed E-state index contributed by atoms with van der Waals surface area (Å²) in [5.41, 5.74) is -0.502. The fourth-order valence-electron chi connectivity index (χ4n) is 9.61. The Kier molecular flexibility index (Phi) is 7.43. The SMILES string of the molecule is CC(=O)O[C@H]1C[C@@]2(C)[C@@H](C[C@@H](O)[C@H]3[C@@]4(C)CC[C@@H](O)[C@@H](C)[C@@H]4CC[C@@]32C)/C1=C(\CCC=C(F)F)C(=O)O. The van der Waals surface area contributed by atoms with Crippen molar-refractivity contribution in [3.63, 3.8) is 0 Å². The predicted octanol–water partition coefficient (Wildman–Crippen LogP) is 5.48. The normalized spacial score (nSPS) is 46.2. The summed E-state index contributed by atoms with van der Waals surface area (Å²) in [5, 5.41) is 32.5. The first-order valence-corrected chi connectivity index (χ1v) is 13.7. The molecule has 37 heavy (non-hydrogen) atoms. The molecule has 0 aromatic heterocycles. The fourth-order valence-corrected chi connectivity index (χ4v) is 9.61. The Balaban J connectivity index is 1.82. The molecule has 4 aliphatic carbocycles. The summed E-state index contributed by atoms with van der Waals surface area (Å²) >= 11 is 0. The van der Waals surface area contributed by atoms with Crippen molar-refractivity contribution >= 4 is 11.9 Å². The molecule has 4 aliphatic rings. The van der Waals surface area contributed by atoms with Crippen LogP contribution in [0.3, 0.4) is 0 Å². The van der Waals surface area contributed by atoms with Crippen LogP contribution in [0.4, 0.5) is 8.78 Å². The number of aliphatic hydroxyl groups excluding tert-OH is 2. The number of carbonyl (C=O) groups excluding carboxylic acids is 1. The molecule has 0 amide bonds. The Hall–Kier alpha value is -1.80. The molecule has 4 saturated carbocycles. The zero-order valence-corrected chi connectivity index (χ0v) is 22.6. The second-order valence-corrected chi connectivity index (χ2v) is 12.9. The quantitative estimate of drug-likeness (QED) is 0.325. The lowest BCUT2D eigenvalue weighted by molar-refractivity contribution is -0.234. The highest BCUT2D eigenvalue weighted by Crippen LogP contribution is 2.74. The molecule has 0 saturated heterocycles. The highest BCUT2D eigenvalue weighted by atomic mass is 19.3. The number of aliphatic carboxylic acids is 1. The number of allylic oxidation sites excluding steroid dienone is 1. The minimum atomic E-state index is -1.86. The van der Waals surface area contributed by atoms with E-state index in [4.69, 9.17) is 4.74 Å². The maximum atomic E-state index is 12.7. The fraction of sp³-hybridized carbons (Fsp3) is 0.793. The Morgan fingerprint density at radius 3 is 2.35 bits per heavy atom. The number of ether oxygens (including phenoxy) is 1. The first-order chi connectivity index (χ1) is 17.2. The number of fused-ring (bicyclic) bond motifs is 5. The van der Waals surface area contributed by atoms with Crippen molar-refractivity contribution < 1.29 is 38.4 Å². The van der Waals surface area contributed by atoms with Gasteiger partial charge in [-0.1, -0.05) is 27.7 Å². The smallest absolute Gasteiger partial charge is 0.331 e. The van der Waals surface area contributed by atoms with Crippen LogP contribution < -0.4 is 0 Å². The minimum absolute atomic E-state index is 0.0148. The summed E-state index contributed by atoms with van der Waals surface area (Å²) in [6.45, 7) is 10.0. The number of rotatable bonds is 5. The molecule has 4 fully saturated rings. The minimum Gasteiger partial charge on any atom is -0.478 e. The molecular formula is C29H42F2O6. The summed E-state index contributed by atoms with van der Waals surface area (Å²) < 4.78 is 31.2. The van der Waals surface area contributed by atoms with E-state index in [0.29, 0.717) is 30.9 Å². The van der Waals surface area contributed by atoms with Gasteiger partial charge in [-0.3, -0.25) is 4.79 Å². The van der Waals surface area contributed by atoms with E-state index in [1.165, 1.54) is 6.92 Å². The van der Waals surface area contributed by atoms with Crippen molar-refractivity contribution in [3.8, 4) is 0 Å². The lowest BCUT2D eigenvalue weighted by Gasteiger charge is -2.69. The summed E-state index contributed by atoms with van der Waals surface area (Å²) in [6.07, 6.45) is 0.831. The molecule has 0 bridgehead atoms. The number of carboxylic acids is 1. The zero-order valence-electron chi connectivity index (χ0n) is 22.6. The standard InChI is InChI=1S/C29H42F2O6/c1-15-18-9-12-28(4)25(27(18,3)11-10-20(15)33)21(34)13-19-24(17(26(35)36)7-6-8-23(30)31)22(37-16(2)32)14-29(19,28)5/h8,15,18-22,25,33-34H,6-7,9-14H2,1-5H3,(H,35,36)/b24-17-/t15-,18-,19-,20+,21+,22-,25-,27-,28-,29-/m0/s1. The number of hydrogen-bond donors (Lipinski definition) is 3. The highest BCUT2D eigenvalue weighted by Gasteiger charge is 2.70. The molecule has 0 aromatic carbocycles. The second kappa shape index (κ2) is 9.74. The van der Waals surface area contributed by atoms with Gasteiger partial charge in [0.05, 0.1) is 12.2 Å². The first kappa shape index (κ1) is 28.2. The topological polar surface area (TPSA) is 104 Å². The number of halogens is 2. The van der Waals surface area contributed by atoms with Gasteiger partial charge in [0.15, 0.2) is 0 Å². The van der Waals surface area contributed by atoms with Crippen molar-refractivity contribution in [2.75, 3.05) is 0 Å². The maximum Gasteiger partial charge on any atom is 0.331 e. The summed E-state index contributed by atoms with van der Waals surface area (Å²) in [6, 6.07) is 0. The Morgan fingerprint density at radius 2 is 1.76 bits per heavy atom. The molecule has 0 spiro atoms. The van der Waals surface area contributed by atoms with Crippen LogP contribution in [0.25, 0.3) is 0 Å². The first-order valence-electron chi connectivity index (χ1n) is 13.7. The van der Waals surface area contributed by atoms with Gasteiger partial charge in [0.1, 0.15) is 6.10 Å². The van der Waals surface area contributed by atoms with E-state index in [0.717, 1.165) is 19.3 Å². The Morgan fingerprint density at radius 1 is 1.08 bits per heavy atom. The molecular weight excluding hydrogens is 482 g/mol. The molecule has 4 rings (SSSR count). The van der Waals surface area contributed by atoms with Crippen LogP contribution in [0.5, 0.6) is 0 Å². The van der Waals surface area contributed by atoms with Crippen LogP contribution in [0.2, 0.25) is 0 Å². The second-order valence-electron chi connectivity index (χ2n) is 12.9. The number of aliphatic hydroxyl groups is 2. The van der Waals surface area contributed by atoms with E-state index < -0.39 is 35.6 Å². The van der Waals surface area contributed by atoms with Gasteiger partial charge in [0, 0.05) is 12.5 Å². The van der Waals surface area contributed by atoms with Gasteiger partial charge in [-0.25, -0.2) is 4.79 Å². The van der Waals surface area contributed by atoms with Gasteiger partial charge < -0.3 is 20.1 Å². The van der Waals surface area contributed by atoms with E-state index >= 15 is 0 Å². The van der Waals surface area contributed by atoms with Crippen molar-refractivity contribution in [3.05, 3.63) is 23.3 Å². The third kappa shape index (κ3) is 4.36. The van der Waals surface area contributed by atoms with Crippen molar-refractivity contribution in [2.45, 2.75) is 104 Å². The number of esters is 1.